The average molecular weight is 316 g/mol. The zero-order valence-electron chi connectivity index (χ0n) is 13.2. The monoisotopic (exact) mass is 316 g/mol. The second kappa shape index (κ2) is 6.98. The average Bonchev–Trinajstić information content (AvgIpc) is 2.65. The third-order valence-corrected chi connectivity index (χ3v) is 4.17. The number of hydrogen-bond donors (Lipinski definition) is 2. The lowest BCUT2D eigenvalue weighted by Gasteiger charge is -2.17. The van der Waals surface area contributed by atoms with E-state index in [1.165, 1.54) is 6.26 Å². The highest BCUT2D eigenvalue weighted by Gasteiger charge is 2.16. The van der Waals surface area contributed by atoms with Crippen molar-refractivity contribution in [3.8, 4) is 0 Å². The van der Waals surface area contributed by atoms with Crippen LogP contribution in [-0.2, 0) is 9.84 Å². The Morgan fingerprint density at radius 3 is 2.38 bits per heavy atom. The topological polar surface area (TPSA) is 88.4 Å². The predicted octanol–water partition coefficient (Wildman–Crippen LogP) is 2.08. The number of hydrogen-bond acceptors (Lipinski definition) is 4. The van der Waals surface area contributed by atoms with Gasteiger partial charge in [0.1, 0.15) is 21.4 Å². The SMILES string of the molecule is Cc1cc([C@@H](C)NC(=O)N[C@@H](C)CCS(C)(=O)=O)c(C)o1. The van der Waals surface area contributed by atoms with E-state index in [0.29, 0.717) is 6.42 Å². The molecular formula is C14H24N2O4S. The molecule has 1 rings (SSSR count). The molecule has 0 aromatic carbocycles. The highest BCUT2D eigenvalue weighted by atomic mass is 32.2. The number of urea groups is 1. The number of aryl methyl sites for hydroxylation is 2. The number of carbonyl (C=O) groups excluding carboxylic acids is 1. The van der Waals surface area contributed by atoms with Crippen LogP contribution in [0.5, 0.6) is 0 Å². The van der Waals surface area contributed by atoms with Crippen molar-refractivity contribution in [3.63, 3.8) is 0 Å². The Hall–Kier alpha value is -1.50. The molecule has 6 nitrogen and oxygen atoms in total. The van der Waals surface area contributed by atoms with Crippen molar-refractivity contribution in [1.29, 1.82) is 0 Å². The third kappa shape index (κ3) is 6.20. The molecule has 0 aliphatic rings. The second-order valence-electron chi connectivity index (χ2n) is 5.53. The smallest absolute Gasteiger partial charge is 0.315 e. The first-order valence-electron chi connectivity index (χ1n) is 6.90. The van der Waals surface area contributed by atoms with Gasteiger partial charge in [-0.1, -0.05) is 0 Å². The maximum Gasteiger partial charge on any atom is 0.315 e. The first kappa shape index (κ1) is 17.6. The number of amides is 2. The van der Waals surface area contributed by atoms with Crippen molar-refractivity contribution >= 4 is 15.9 Å². The second-order valence-corrected chi connectivity index (χ2v) is 7.79. The Kier molecular flexibility index (Phi) is 5.83. The molecule has 0 saturated heterocycles. The number of carbonyl (C=O) groups is 1. The Bertz CT molecular complexity index is 592. The van der Waals surface area contributed by atoms with Gasteiger partial charge in [0, 0.05) is 17.9 Å². The maximum atomic E-state index is 11.9. The van der Waals surface area contributed by atoms with E-state index in [1.54, 1.807) is 6.92 Å². The van der Waals surface area contributed by atoms with E-state index in [9.17, 15) is 13.2 Å². The molecule has 0 unspecified atom stereocenters. The number of sulfone groups is 1. The quantitative estimate of drug-likeness (QED) is 0.841. The molecule has 1 heterocycles. The zero-order chi connectivity index (χ0) is 16.2. The first-order chi connectivity index (χ1) is 9.58. The molecule has 2 atom stereocenters. The van der Waals surface area contributed by atoms with E-state index in [2.05, 4.69) is 10.6 Å². The van der Waals surface area contributed by atoms with Gasteiger partial charge in [-0.3, -0.25) is 0 Å². The molecule has 0 bridgehead atoms. The first-order valence-corrected chi connectivity index (χ1v) is 8.96. The molecule has 2 N–H and O–H groups in total. The summed E-state index contributed by atoms with van der Waals surface area (Å²) in [5.74, 6) is 1.65. The fourth-order valence-electron chi connectivity index (χ4n) is 2.08. The van der Waals surface area contributed by atoms with Crippen molar-refractivity contribution in [2.45, 2.75) is 46.2 Å². The lowest BCUT2D eigenvalue weighted by atomic mass is 10.1. The van der Waals surface area contributed by atoms with Gasteiger partial charge in [0.2, 0.25) is 0 Å². The molecule has 1 aromatic heterocycles. The molecule has 7 heteroatoms. The summed E-state index contributed by atoms with van der Waals surface area (Å²) in [5, 5.41) is 5.55. The van der Waals surface area contributed by atoms with Gasteiger partial charge in [-0.2, -0.15) is 0 Å². The molecule has 120 valence electrons. The molecule has 0 saturated carbocycles. The number of furan rings is 1. The summed E-state index contributed by atoms with van der Waals surface area (Å²) >= 11 is 0. The molecular weight excluding hydrogens is 292 g/mol. The Morgan fingerprint density at radius 2 is 1.90 bits per heavy atom. The fraction of sp³-hybridized carbons (Fsp3) is 0.643. The van der Waals surface area contributed by atoms with Crippen LogP contribution in [0.3, 0.4) is 0 Å². The number of nitrogens with one attached hydrogen (secondary N) is 2. The van der Waals surface area contributed by atoms with Crippen LogP contribution in [-0.4, -0.2) is 32.5 Å². The standard InChI is InChI=1S/C14H24N2O4S/c1-9(6-7-21(5,18)19)15-14(17)16-11(3)13-8-10(2)20-12(13)4/h8-9,11H,6-7H2,1-5H3,(H2,15,16,17)/t9-,11+/m0/s1. The minimum atomic E-state index is -3.01. The van der Waals surface area contributed by atoms with Crippen molar-refractivity contribution in [2.24, 2.45) is 0 Å². The maximum absolute atomic E-state index is 11.9. The van der Waals surface area contributed by atoms with Crippen LogP contribution in [0.15, 0.2) is 10.5 Å². The van der Waals surface area contributed by atoms with Crippen molar-refractivity contribution < 1.29 is 17.6 Å². The summed E-state index contributed by atoms with van der Waals surface area (Å²) in [7, 11) is -3.01. The Balaban J connectivity index is 2.48. The number of rotatable bonds is 6. The summed E-state index contributed by atoms with van der Waals surface area (Å²) < 4.78 is 27.6. The molecule has 0 radical (unpaired) electrons. The highest BCUT2D eigenvalue weighted by Crippen LogP contribution is 2.20. The van der Waals surface area contributed by atoms with Crippen molar-refractivity contribution in [2.75, 3.05) is 12.0 Å². The molecule has 1 aromatic rings. The molecule has 21 heavy (non-hydrogen) atoms. The van der Waals surface area contributed by atoms with E-state index < -0.39 is 9.84 Å². The summed E-state index contributed by atoms with van der Waals surface area (Å²) in [5.41, 5.74) is 0.937. The molecule has 0 aliphatic heterocycles. The largest absolute Gasteiger partial charge is 0.466 e. The van der Waals surface area contributed by atoms with Gasteiger partial charge in [0.05, 0.1) is 11.8 Å². The fourth-order valence-corrected chi connectivity index (χ4v) is 2.86. The normalized spacial score (nSPS) is 14.5. The lowest BCUT2D eigenvalue weighted by molar-refractivity contribution is 0.234. The van der Waals surface area contributed by atoms with Gasteiger partial charge in [-0.05, 0) is 40.2 Å². The van der Waals surface area contributed by atoms with Crippen LogP contribution in [0.4, 0.5) is 4.79 Å². The minimum absolute atomic E-state index is 0.0596. The van der Waals surface area contributed by atoms with Crippen molar-refractivity contribution in [1.82, 2.24) is 10.6 Å². The molecule has 0 spiro atoms. The van der Waals surface area contributed by atoms with E-state index in [0.717, 1.165) is 17.1 Å². The van der Waals surface area contributed by atoms with Crippen LogP contribution in [0, 0.1) is 13.8 Å². The summed E-state index contributed by atoms with van der Waals surface area (Å²) in [6.07, 6.45) is 1.58. The van der Waals surface area contributed by atoms with Crippen LogP contribution >= 0.6 is 0 Å². The van der Waals surface area contributed by atoms with Gasteiger partial charge in [-0.15, -0.1) is 0 Å². The predicted molar refractivity (Wildman–Crippen MR) is 82.1 cm³/mol. The highest BCUT2D eigenvalue weighted by molar-refractivity contribution is 7.90. The van der Waals surface area contributed by atoms with Crippen molar-refractivity contribution in [3.05, 3.63) is 23.2 Å². The van der Waals surface area contributed by atoms with E-state index in [4.69, 9.17) is 4.42 Å². The van der Waals surface area contributed by atoms with E-state index >= 15 is 0 Å². The molecule has 0 aliphatic carbocycles. The van der Waals surface area contributed by atoms with Gasteiger partial charge < -0.3 is 15.1 Å². The Labute approximate surface area is 126 Å². The lowest BCUT2D eigenvalue weighted by Crippen LogP contribution is -2.42. The van der Waals surface area contributed by atoms with E-state index in [-0.39, 0.29) is 23.9 Å². The summed E-state index contributed by atoms with van der Waals surface area (Å²) in [6.45, 7) is 7.37. The van der Waals surface area contributed by atoms with Crippen LogP contribution in [0.2, 0.25) is 0 Å². The summed E-state index contributed by atoms with van der Waals surface area (Å²) in [4.78, 5) is 11.9. The van der Waals surface area contributed by atoms with Crippen LogP contribution < -0.4 is 10.6 Å². The zero-order valence-corrected chi connectivity index (χ0v) is 14.0. The minimum Gasteiger partial charge on any atom is -0.466 e. The van der Waals surface area contributed by atoms with Gasteiger partial charge in [0.25, 0.3) is 0 Å². The Morgan fingerprint density at radius 1 is 1.29 bits per heavy atom. The van der Waals surface area contributed by atoms with Gasteiger partial charge in [0.15, 0.2) is 0 Å². The molecule has 0 fully saturated rings. The third-order valence-electron chi connectivity index (χ3n) is 3.19. The summed E-state index contributed by atoms with van der Waals surface area (Å²) in [6, 6.07) is 1.19. The molecule has 2 amide bonds. The van der Waals surface area contributed by atoms with Crippen LogP contribution in [0.25, 0.3) is 0 Å². The van der Waals surface area contributed by atoms with Crippen LogP contribution in [0.1, 0.15) is 43.4 Å². The van der Waals surface area contributed by atoms with E-state index in [1.807, 2.05) is 26.8 Å². The van der Waals surface area contributed by atoms with Gasteiger partial charge >= 0.3 is 6.03 Å². The van der Waals surface area contributed by atoms with Gasteiger partial charge in [-0.25, -0.2) is 13.2 Å².